The summed E-state index contributed by atoms with van der Waals surface area (Å²) < 4.78 is 22.6. The number of nitrogens with two attached hydrogens (primary N) is 1. The average molecular weight is 661 g/mol. The summed E-state index contributed by atoms with van der Waals surface area (Å²) in [7, 11) is 1.60. The van der Waals surface area contributed by atoms with Crippen LogP contribution in [0.25, 0.3) is 11.3 Å². The number of pyridine rings is 1. The zero-order valence-corrected chi connectivity index (χ0v) is 28.7. The van der Waals surface area contributed by atoms with E-state index in [9.17, 15) is 4.79 Å². The van der Waals surface area contributed by atoms with Crippen molar-refractivity contribution in [3.8, 4) is 22.9 Å². The molecule has 48 heavy (non-hydrogen) atoms. The summed E-state index contributed by atoms with van der Waals surface area (Å²) in [6.07, 6.45) is 3.76. The molecule has 3 atom stereocenters. The van der Waals surface area contributed by atoms with Crippen LogP contribution in [0.3, 0.4) is 0 Å². The van der Waals surface area contributed by atoms with Gasteiger partial charge in [-0.15, -0.1) is 10.2 Å². The van der Waals surface area contributed by atoms with Crippen molar-refractivity contribution in [2.75, 3.05) is 75.3 Å². The van der Waals surface area contributed by atoms with Gasteiger partial charge < -0.3 is 39.4 Å². The third-order valence-electron chi connectivity index (χ3n) is 9.18. The van der Waals surface area contributed by atoms with Gasteiger partial charge in [0.1, 0.15) is 18.0 Å². The van der Waals surface area contributed by atoms with E-state index in [1.54, 1.807) is 12.0 Å². The summed E-state index contributed by atoms with van der Waals surface area (Å²) in [4.78, 5) is 26.0. The molecule has 3 aliphatic rings. The van der Waals surface area contributed by atoms with Gasteiger partial charge in [0.2, 0.25) is 5.88 Å². The second-order valence-electron chi connectivity index (χ2n) is 13.8. The molecule has 258 valence electrons. The summed E-state index contributed by atoms with van der Waals surface area (Å²) in [6.45, 7) is 12.9. The Balaban J connectivity index is 1.06. The Morgan fingerprint density at radius 3 is 2.50 bits per heavy atom. The molecule has 1 aromatic carbocycles. The van der Waals surface area contributed by atoms with Crippen LogP contribution in [-0.4, -0.2) is 115 Å². The molecule has 1 amide bonds. The maximum atomic E-state index is 12.5. The smallest absolute Gasteiger partial charge is 0.410 e. The monoisotopic (exact) mass is 660 g/mol. The Bertz CT molecular complexity index is 1550. The normalized spacial score (nSPS) is 21.4. The first-order valence-electron chi connectivity index (χ1n) is 16.8. The second-order valence-corrected chi connectivity index (χ2v) is 13.8. The fourth-order valence-corrected chi connectivity index (χ4v) is 6.95. The van der Waals surface area contributed by atoms with E-state index in [4.69, 9.17) is 24.7 Å². The fraction of sp³-hybridized carbons (Fsp3) is 0.543. The molecule has 2 aromatic heterocycles. The van der Waals surface area contributed by atoms with Gasteiger partial charge in [0.25, 0.3) is 0 Å². The first-order valence-corrected chi connectivity index (χ1v) is 16.8. The van der Waals surface area contributed by atoms with Crippen LogP contribution in [0.5, 0.6) is 11.6 Å². The lowest BCUT2D eigenvalue weighted by Crippen LogP contribution is -2.55. The zero-order chi connectivity index (χ0) is 33.8. The van der Waals surface area contributed by atoms with Crippen LogP contribution < -0.4 is 25.0 Å². The van der Waals surface area contributed by atoms with E-state index < -0.39 is 5.60 Å². The number of carbonyl (C=O) groups is 1. The first-order chi connectivity index (χ1) is 23.1. The number of methoxy groups -OCH3 is 1. The molecule has 6 rings (SSSR count). The van der Waals surface area contributed by atoms with Crippen molar-refractivity contribution in [1.82, 2.24) is 25.0 Å². The summed E-state index contributed by atoms with van der Waals surface area (Å²) in [5.41, 5.74) is 9.47. The Hall–Kier alpha value is -4.36. The number of para-hydroxylation sites is 1. The van der Waals surface area contributed by atoms with Crippen LogP contribution in [0, 0.1) is 0 Å². The van der Waals surface area contributed by atoms with E-state index in [2.05, 4.69) is 48.9 Å². The molecule has 2 bridgehead atoms. The van der Waals surface area contributed by atoms with Gasteiger partial charge in [0, 0.05) is 88.0 Å². The number of piperazine rings is 2. The summed E-state index contributed by atoms with van der Waals surface area (Å²) >= 11 is 0. The topological polar surface area (TPSA) is 132 Å². The highest BCUT2D eigenvalue weighted by atomic mass is 16.7. The molecule has 0 aliphatic carbocycles. The lowest BCUT2D eigenvalue weighted by molar-refractivity contribution is 0.00423. The molecule has 13 nitrogen and oxygen atoms in total. The first kappa shape index (κ1) is 33.5. The van der Waals surface area contributed by atoms with Crippen molar-refractivity contribution in [3.05, 3.63) is 48.7 Å². The minimum absolute atomic E-state index is 0.146. The van der Waals surface area contributed by atoms with Gasteiger partial charge in [-0.05, 0) is 64.8 Å². The number of amides is 1. The van der Waals surface area contributed by atoms with Gasteiger partial charge in [-0.2, -0.15) is 0 Å². The van der Waals surface area contributed by atoms with E-state index in [1.165, 1.54) is 0 Å². The maximum Gasteiger partial charge on any atom is 0.410 e. The highest BCUT2D eigenvalue weighted by molar-refractivity contribution is 5.75. The standard InChI is InChI=1S/C35H48N8O5/c1-24-20-41(34(44)48-35(2,3)4)15-14-40(24)16-17-46-32-18-25(12-13-37-32)43-26-10-11-27(43)22-42(21-26)30-19-29(38-39-33(30)36)28-8-6-7-9-31(28)47-23-45-5/h6-9,12-13,18-19,24,26-27H,10-11,14-17,20-23H2,1-5H3,(H2,36,39)/t24-,26?,27?/m1/s1. The van der Waals surface area contributed by atoms with Crippen LogP contribution >= 0.6 is 0 Å². The van der Waals surface area contributed by atoms with Crippen LogP contribution in [0.1, 0.15) is 40.5 Å². The fourth-order valence-electron chi connectivity index (χ4n) is 6.95. The van der Waals surface area contributed by atoms with Gasteiger partial charge in [0.15, 0.2) is 12.6 Å². The van der Waals surface area contributed by atoms with Gasteiger partial charge in [-0.1, -0.05) is 12.1 Å². The molecule has 2 unspecified atom stereocenters. The Morgan fingerprint density at radius 1 is 1.00 bits per heavy atom. The molecule has 0 radical (unpaired) electrons. The van der Waals surface area contributed by atoms with Crippen LogP contribution in [-0.2, 0) is 9.47 Å². The molecule has 0 saturated carbocycles. The van der Waals surface area contributed by atoms with E-state index in [0.717, 1.165) is 56.0 Å². The molecule has 0 spiro atoms. The number of ether oxygens (including phenoxy) is 4. The van der Waals surface area contributed by atoms with Gasteiger partial charge in [-0.25, -0.2) is 9.78 Å². The molecule has 3 aliphatic heterocycles. The summed E-state index contributed by atoms with van der Waals surface area (Å²) in [6, 6.07) is 14.7. The van der Waals surface area contributed by atoms with Crippen molar-refractivity contribution in [3.63, 3.8) is 0 Å². The number of fused-ring (bicyclic) bond motifs is 2. The summed E-state index contributed by atoms with van der Waals surface area (Å²) in [5, 5.41) is 8.74. The second kappa shape index (κ2) is 14.4. The predicted octanol–water partition coefficient (Wildman–Crippen LogP) is 4.28. The highest BCUT2D eigenvalue weighted by Gasteiger charge is 2.41. The van der Waals surface area contributed by atoms with Crippen molar-refractivity contribution in [2.45, 2.75) is 64.3 Å². The van der Waals surface area contributed by atoms with E-state index in [0.29, 0.717) is 54.9 Å². The number of nitrogens with zero attached hydrogens (tertiary/aromatic N) is 7. The number of anilines is 3. The number of rotatable bonds is 10. The van der Waals surface area contributed by atoms with Gasteiger partial charge >= 0.3 is 6.09 Å². The largest absolute Gasteiger partial charge is 0.476 e. The summed E-state index contributed by atoms with van der Waals surface area (Å²) in [5.74, 6) is 1.72. The number of benzene rings is 1. The third-order valence-corrected chi connectivity index (χ3v) is 9.18. The molecule has 3 fully saturated rings. The van der Waals surface area contributed by atoms with E-state index in [-0.39, 0.29) is 18.9 Å². The quantitative estimate of drug-likeness (QED) is 0.312. The lowest BCUT2D eigenvalue weighted by Gasteiger charge is -2.43. The molecule has 3 saturated heterocycles. The number of hydrogen-bond acceptors (Lipinski definition) is 12. The van der Waals surface area contributed by atoms with Gasteiger partial charge in [0.05, 0.1) is 11.4 Å². The van der Waals surface area contributed by atoms with Crippen LogP contribution in [0.2, 0.25) is 0 Å². The Labute approximate surface area is 282 Å². The third kappa shape index (κ3) is 7.68. The maximum absolute atomic E-state index is 12.5. The number of hydrogen-bond donors (Lipinski definition) is 1. The van der Waals surface area contributed by atoms with E-state index in [1.807, 2.05) is 57.3 Å². The lowest BCUT2D eigenvalue weighted by atomic mass is 10.1. The molecule has 5 heterocycles. The minimum atomic E-state index is -0.497. The SMILES string of the molecule is COCOc1ccccc1-c1cc(N2CC3CCC(C2)N3c2ccnc(OCCN3CCN(C(=O)OC(C)(C)C)C[C@H]3C)c2)c(N)nn1. The van der Waals surface area contributed by atoms with Crippen molar-refractivity contribution in [1.29, 1.82) is 0 Å². The predicted molar refractivity (Wildman–Crippen MR) is 184 cm³/mol. The highest BCUT2D eigenvalue weighted by Crippen LogP contribution is 2.39. The number of nitrogen functional groups attached to an aromatic ring is 1. The minimum Gasteiger partial charge on any atom is -0.476 e. The molecule has 2 N–H and O–H groups in total. The van der Waals surface area contributed by atoms with E-state index >= 15 is 0 Å². The Kier molecular flexibility index (Phi) is 10.1. The molecular weight excluding hydrogens is 612 g/mol. The number of carbonyl (C=O) groups excluding carboxylic acids is 1. The van der Waals surface area contributed by atoms with Crippen LogP contribution in [0.4, 0.5) is 22.0 Å². The number of aromatic nitrogens is 3. The average Bonchev–Trinajstić information content (AvgIpc) is 3.33. The zero-order valence-electron chi connectivity index (χ0n) is 28.7. The van der Waals surface area contributed by atoms with Crippen LogP contribution in [0.15, 0.2) is 48.7 Å². The van der Waals surface area contributed by atoms with Crippen molar-refractivity contribution < 1.29 is 23.7 Å². The van der Waals surface area contributed by atoms with Crippen molar-refractivity contribution >= 4 is 23.3 Å². The molecule has 3 aromatic rings. The van der Waals surface area contributed by atoms with Crippen molar-refractivity contribution in [2.24, 2.45) is 0 Å². The van der Waals surface area contributed by atoms with Gasteiger partial charge in [-0.3, -0.25) is 4.90 Å². The molecule has 13 heteroatoms. The Morgan fingerprint density at radius 2 is 1.77 bits per heavy atom. The molecular formula is C35H48N8O5.